The lowest BCUT2D eigenvalue weighted by Gasteiger charge is -2.10. The van der Waals surface area contributed by atoms with Gasteiger partial charge in [0.15, 0.2) is 0 Å². The van der Waals surface area contributed by atoms with E-state index in [4.69, 9.17) is 4.74 Å². The van der Waals surface area contributed by atoms with Crippen molar-refractivity contribution >= 4 is 15.9 Å². The van der Waals surface area contributed by atoms with E-state index in [0.29, 0.717) is 10.2 Å². The summed E-state index contributed by atoms with van der Waals surface area (Å²) in [7, 11) is 1.59. The van der Waals surface area contributed by atoms with E-state index in [1.807, 2.05) is 24.3 Å². The van der Waals surface area contributed by atoms with Gasteiger partial charge in [-0.1, -0.05) is 12.1 Å². The SMILES string of the molecule is COc1ccccc1-n1cccc(Br)c1=O. The summed E-state index contributed by atoms with van der Waals surface area (Å²) in [5.74, 6) is 0.669. The molecule has 3 nitrogen and oxygen atoms in total. The van der Waals surface area contributed by atoms with E-state index in [-0.39, 0.29) is 5.56 Å². The van der Waals surface area contributed by atoms with Gasteiger partial charge < -0.3 is 4.74 Å². The van der Waals surface area contributed by atoms with Gasteiger partial charge in [0.05, 0.1) is 17.3 Å². The number of halogens is 1. The number of nitrogens with zero attached hydrogens (tertiary/aromatic N) is 1. The molecule has 0 radical (unpaired) electrons. The fourth-order valence-corrected chi connectivity index (χ4v) is 1.83. The van der Waals surface area contributed by atoms with Crippen LogP contribution in [0.5, 0.6) is 5.75 Å². The monoisotopic (exact) mass is 279 g/mol. The summed E-state index contributed by atoms with van der Waals surface area (Å²) >= 11 is 3.22. The number of hydrogen-bond donors (Lipinski definition) is 0. The number of aromatic nitrogens is 1. The molecule has 0 saturated heterocycles. The van der Waals surface area contributed by atoms with E-state index in [0.717, 1.165) is 5.69 Å². The molecule has 0 N–H and O–H groups in total. The van der Waals surface area contributed by atoms with E-state index < -0.39 is 0 Å². The quantitative estimate of drug-likeness (QED) is 0.846. The molecular formula is C12H10BrNO2. The lowest BCUT2D eigenvalue weighted by Crippen LogP contribution is -2.18. The van der Waals surface area contributed by atoms with Crippen molar-refractivity contribution in [3.8, 4) is 11.4 Å². The van der Waals surface area contributed by atoms with Gasteiger partial charge in [0.25, 0.3) is 5.56 Å². The Morgan fingerprint density at radius 2 is 1.94 bits per heavy atom. The van der Waals surface area contributed by atoms with Crippen molar-refractivity contribution in [3.05, 3.63) is 57.4 Å². The van der Waals surface area contributed by atoms with Gasteiger partial charge in [-0.05, 0) is 40.2 Å². The average Bonchev–Trinajstić information content (AvgIpc) is 2.33. The number of methoxy groups -OCH3 is 1. The summed E-state index contributed by atoms with van der Waals surface area (Å²) in [6, 6.07) is 10.9. The van der Waals surface area contributed by atoms with Crippen molar-refractivity contribution in [1.29, 1.82) is 0 Å². The van der Waals surface area contributed by atoms with Crippen LogP contribution >= 0.6 is 15.9 Å². The predicted octanol–water partition coefficient (Wildman–Crippen LogP) is 2.61. The minimum atomic E-state index is -0.105. The molecule has 1 aromatic carbocycles. The van der Waals surface area contributed by atoms with Gasteiger partial charge in [-0.25, -0.2) is 0 Å². The average molecular weight is 280 g/mol. The number of pyridine rings is 1. The Kier molecular flexibility index (Phi) is 3.10. The first kappa shape index (κ1) is 11.0. The first-order chi connectivity index (χ1) is 7.74. The summed E-state index contributed by atoms with van der Waals surface area (Å²) in [5.41, 5.74) is 0.628. The zero-order valence-electron chi connectivity index (χ0n) is 8.68. The molecule has 0 aliphatic carbocycles. The molecule has 16 heavy (non-hydrogen) atoms. The third-order valence-electron chi connectivity index (χ3n) is 2.25. The molecule has 1 heterocycles. The van der Waals surface area contributed by atoms with Crippen LogP contribution in [0, 0.1) is 0 Å². The molecule has 1 aromatic heterocycles. The Bertz CT molecular complexity index is 563. The van der Waals surface area contributed by atoms with Crippen LogP contribution in [-0.2, 0) is 0 Å². The predicted molar refractivity (Wildman–Crippen MR) is 66.3 cm³/mol. The van der Waals surface area contributed by atoms with Gasteiger partial charge >= 0.3 is 0 Å². The molecule has 0 aliphatic heterocycles. The summed E-state index contributed by atoms with van der Waals surface area (Å²) in [6.45, 7) is 0. The van der Waals surface area contributed by atoms with Gasteiger partial charge in [0, 0.05) is 6.20 Å². The molecule has 2 rings (SSSR count). The molecule has 0 aliphatic rings. The number of hydrogen-bond acceptors (Lipinski definition) is 2. The van der Waals surface area contributed by atoms with Crippen molar-refractivity contribution in [2.45, 2.75) is 0 Å². The van der Waals surface area contributed by atoms with Crippen molar-refractivity contribution in [2.75, 3.05) is 7.11 Å². The second kappa shape index (κ2) is 4.53. The fraction of sp³-hybridized carbons (Fsp3) is 0.0833. The highest BCUT2D eigenvalue weighted by atomic mass is 79.9. The second-order valence-electron chi connectivity index (χ2n) is 3.20. The van der Waals surface area contributed by atoms with Crippen LogP contribution < -0.4 is 10.3 Å². The number of ether oxygens (including phenoxy) is 1. The zero-order chi connectivity index (χ0) is 11.5. The first-order valence-corrected chi connectivity index (χ1v) is 5.54. The van der Waals surface area contributed by atoms with E-state index in [2.05, 4.69) is 15.9 Å². The third-order valence-corrected chi connectivity index (χ3v) is 2.85. The maximum atomic E-state index is 11.9. The second-order valence-corrected chi connectivity index (χ2v) is 4.06. The van der Waals surface area contributed by atoms with Crippen LogP contribution in [0.15, 0.2) is 51.9 Å². The van der Waals surface area contributed by atoms with Crippen molar-refractivity contribution in [2.24, 2.45) is 0 Å². The highest BCUT2D eigenvalue weighted by molar-refractivity contribution is 9.10. The molecular weight excluding hydrogens is 270 g/mol. The Morgan fingerprint density at radius 3 is 2.69 bits per heavy atom. The Morgan fingerprint density at radius 1 is 1.19 bits per heavy atom. The summed E-state index contributed by atoms with van der Waals surface area (Å²) in [4.78, 5) is 11.9. The van der Waals surface area contributed by atoms with E-state index in [1.54, 1.807) is 30.0 Å². The normalized spacial score (nSPS) is 10.1. The fourth-order valence-electron chi connectivity index (χ4n) is 1.49. The van der Waals surface area contributed by atoms with Crippen LogP contribution in [0.1, 0.15) is 0 Å². The lowest BCUT2D eigenvalue weighted by molar-refractivity contribution is 0.412. The lowest BCUT2D eigenvalue weighted by atomic mass is 10.3. The van der Waals surface area contributed by atoms with Crippen LogP contribution in [0.4, 0.5) is 0 Å². The third kappa shape index (κ3) is 1.88. The number of para-hydroxylation sites is 2. The summed E-state index contributed by atoms with van der Waals surface area (Å²) < 4.78 is 7.29. The largest absolute Gasteiger partial charge is 0.495 e. The maximum Gasteiger partial charge on any atom is 0.269 e. The van der Waals surface area contributed by atoms with Gasteiger partial charge in [0.1, 0.15) is 5.75 Å². The molecule has 0 unspecified atom stereocenters. The van der Waals surface area contributed by atoms with Crippen LogP contribution in [0.2, 0.25) is 0 Å². The molecule has 82 valence electrons. The Balaban J connectivity index is 2.68. The number of benzene rings is 1. The van der Waals surface area contributed by atoms with Crippen LogP contribution in [-0.4, -0.2) is 11.7 Å². The smallest absolute Gasteiger partial charge is 0.269 e. The number of rotatable bonds is 2. The van der Waals surface area contributed by atoms with Gasteiger partial charge in [0.2, 0.25) is 0 Å². The van der Waals surface area contributed by atoms with Crippen LogP contribution in [0.3, 0.4) is 0 Å². The van der Waals surface area contributed by atoms with E-state index in [9.17, 15) is 4.79 Å². The first-order valence-electron chi connectivity index (χ1n) is 4.74. The highest BCUT2D eigenvalue weighted by Gasteiger charge is 2.06. The van der Waals surface area contributed by atoms with E-state index in [1.165, 1.54) is 0 Å². The molecule has 0 bridgehead atoms. The molecule has 2 aromatic rings. The minimum Gasteiger partial charge on any atom is -0.495 e. The standard InChI is InChI=1S/C12H10BrNO2/c1-16-11-7-3-2-6-10(11)14-8-4-5-9(13)12(14)15/h2-8H,1H3. The topological polar surface area (TPSA) is 31.2 Å². The van der Waals surface area contributed by atoms with Crippen molar-refractivity contribution in [1.82, 2.24) is 4.57 Å². The molecule has 4 heteroatoms. The van der Waals surface area contributed by atoms with Crippen LogP contribution in [0.25, 0.3) is 5.69 Å². The Labute approximate surface area is 101 Å². The van der Waals surface area contributed by atoms with Crippen molar-refractivity contribution < 1.29 is 4.74 Å². The van der Waals surface area contributed by atoms with E-state index >= 15 is 0 Å². The molecule has 0 spiro atoms. The maximum absolute atomic E-state index is 11.9. The summed E-state index contributed by atoms with van der Waals surface area (Å²) in [6.07, 6.45) is 1.71. The molecule has 0 atom stereocenters. The highest BCUT2D eigenvalue weighted by Crippen LogP contribution is 2.20. The molecule has 0 fully saturated rings. The van der Waals surface area contributed by atoms with Gasteiger partial charge in [-0.2, -0.15) is 0 Å². The minimum absolute atomic E-state index is 0.105. The molecule has 0 saturated carbocycles. The van der Waals surface area contributed by atoms with Crippen molar-refractivity contribution in [3.63, 3.8) is 0 Å². The van der Waals surface area contributed by atoms with Gasteiger partial charge in [-0.3, -0.25) is 9.36 Å². The summed E-state index contributed by atoms with van der Waals surface area (Å²) in [5, 5.41) is 0. The Hall–Kier alpha value is -1.55. The molecule has 0 amide bonds. The van der Waals surface area contributed by atoms with Gasteiger partial charge in [-0.15, -0.1) is 0 Å². The zero-order valence-corrected chi connectivity index (χ0v) is 10.3.